The van der Waals surface area contributed by atoms with Gasteiger partial charge in [0.15, 0.2) is 0 Å². The molecule has 0 aliphatic carbocycles. The molecule has 5 nitrogen and oxygen atoms in total. The summed E-state index contributed by atoms with van der Waals surface area (Å²) in [5, 5.41) is 4.98. The van der Waals surface area contributed by atoms with Gasteiger partial charge in [0.25, 0.3) is 0 Å². The molecule has 19 heavy (non-hydrogen) atoms. The molecule has 0 atom stereocenters. The molecule has 2 rings (SSSR count). The third-order valence-electron chi connectivity index (χ3n) is 3.35. The molecule has 0 spiro atoms. The number of nitrogens with one attached hydrogen (secondary N) is 1. The number of hydrogen-bond acceptors (Lipinski definition) is 4. The van der Waals surface area contributed by atoms with E-state index in [9.17, 15) is 9.59 Å². The Morgan fingerprint density at radius 3 is 2.74 bits per heavy atom. The number of nitrogens with zero attached hydrogens (tertiary/aromatic N) is 1. The molecule has 104 valence electrons. The second kappa shape index (κ2) is 6.68. The Morgan fingerprint density at radius 2 is 2.16 bits per heavy atom. The van der Waals surface area contributed by atoms with Gasteiger partial charge in [-0.3, -0.25) is 14.5 Å². The summed E-state index contributed by atoms with van der Waals surface area (Å²) in [5.41, 5.74) is 5.16. The smallest absolute Gasteiger partial charge is 0.231 e. The van der Waals surface area contributed by atoms with Crippen LogP contribution in [0.2, 0.25) is 0 Å². The maximum Gasteiger partial charge on any atom is 0.231 e. The van der Waals surface area contributed by atoms with Crippen LogP contribution in [0, 0.1) is 5.92 Å². The van der Waals surface area contributed by atoms with Crippen molar-refractivity contribution in [3.05, 3.63) is 22.4 Å². The summed E-state index contributed by atoms with van der Waals surface area (Å²) in [6, 6.07) is 3.99. The van der Waals surface area contributed by atoms with E-state index in [0.29, 0.717) is 13.1 Å². The number of thiophene rings is 1. The zero-order chi connectivity index (χ0) is 13.7. The zero-order valence-corrected chi connectivity index (χ0v) is 11.6. The van der Waals surface area contributed by atoms with Crippen molar-refractivity contribution in [3.63, 3.8) is 0 Å². The van der Waals surface area contributed by atoms with Crippen molar-refractivity contribution in [2.24, 2.45) is 11.7 Å². The number of nitrogens with two attached hydrogens (primary N) is 1. The molecular weight excluding hydrogens is 262 g/mol. The minimum atomic E-state index is -0.305. The van der Waals surface area contributed by atoms with Crippen LogP contribution < -0.4 is 11.1 Å². The van der Waals surface area contributed by atoms with E-state index >= 15 is 0 Å². The molecule has 1 saturated heterocycles. The Morgan fingerprint density at radius 1 is 1.42 bits per heavy atom. The monoisotopic (exact) mass is 281 g/mol. The fraction of sp³-hybridized carbons (Fsp3) is 0.538. The van der Waals surface area contributed by atoms with Gasteiger partial charge in [0.1, 0.15) is 0 Å². The lowest BCUT2D eigenvalue weighted by atomic mass is 9.96. The molecule has 1 aromatic heterocycles. The highest BCUT2D eigenvalue weighted by molar-refractivity contribution is 7.09. The second-order valence-corrected chi connectivity index (χ2v) is 5.85. The maximum atomic E-state index is 12.0. The van der Waals surface area contributed by atoms with Gasteiger partial charge in [0.2, 0.25) is 11.8 Å². The van der Waals surface area contributed by atoms with E-state index in [2.05, 4.69) is 5.32 Å². The maximum absolute atomic E-state index is 12.0. The Labute approximate surface area is 116 Å². The molecule has 1 fully saturated rings. The topological polar surface area (TPSA) is 75.4 Å². The normalized spacial score (nSPS) is 17.3. The van der Waals surface area contributed by atoms with Crippen LogP contribution in [0.15, 0.2) is 17.5 Å². The average Bonchev–Trinajstić information content (AvgIpc) is 2.89. The van der Waals surface area contributed by atoms with Crippen molar-refractivity contribution in [2.45, 2.75) is 19.4 Å². The van der Waals surface area contributed by atoms with Crippen molar-refractivity contribution in [2.75, 3.05) is 19.6 Å². The van der Waals surface area contributed by atoms with Gasteiger partial charge in [-0.2, -0.15) is 0 Å². The second-order valence-electron chi connectivity index (χ2n) is 4.81. The zero-order valence-electron chi connectivity index (χ0n) is 10.8. The first-order chi connectivity index (χ1) is 9.15. The van der Waals surface area contributed by atoms with Crippen molar-refractivity contribution < 1.29 is 9.59 Å². The molecule has 6 heteroatoms. The van der Waals surface area contributed by atoms with Gasteiger partial charge >= 0.3 is 0 Å². The number of carbonyl (C=O) groups excluding carboxylic acids is 2. The van der Waals surface area contributed by atoms with E-state index in [1.54, 1.807) is 11.3 Å². The SMILES string of the molecule is NC(=O)CN1CCC(C(=O)NCc2cccs2)CC1. The van der Waals surface area contributed by atoms with Gasteiger partial charge in [0, 0.05) is 10.8 Å². The van der Waals surface area contributed by atoms with E-state index in [-0.39, 0.29) is 17.7 Å². The highest BCUT2D eigenvalue weighted by atomic mass is 32.1. The first kappa shape index (κ1) is 14.0. The van der Waals surface area contributed by atoms with Crippen LogP contribution in [0.25, 0.3) is 0 Å². The average molecular weight is 281 g/mol. The molecule has 0 saturated carbocycles. The summed E-state index contributed by atoms with van der Waals surface area (Å²) >= 11 is 1.64. The van der Waals surface area contributed by atoms with Gasteiger partial charge in [0.05, 0.1) is 13.1 Å². The number of hydrogen-bond donors (Lipinski definition) is 2. The minimum Gasteiger partial charge on any atom is -0.369 e. The Balaban J connectivity index is 1.71. The predicted molar refractivity (Wildman–Crippen MR) is 74.5 cm³/mol. The Bertz CT molecular complexity index is 425. The van der Waals surface area contributed by atoms with Crippen molar-refractivity contribution in [1.82, 2.24) is 10.2 Å². The van der Waals surface area contributed by atoms with Gasteiger partial charge in [-0.1, -0.05) is 6.07 Å². The highest BCUT2D eigenvalue weighted by Crippen LogP contribution is 2.17. The third-order valence-corrected chi connectivity index (χ3v) is 4.23. The van der Waals surface area contributed by atoms with Gasteiger partial charge in [-0.05, 0) is 37.4 Å². The van der Waals surface area contributed by atoms with Crippen LogP contribution in [0.1, 0.15) is 17.7 Å². The summed E-state index contributed by atoms with van der Waals surface area (Å²) in [6.07, 6.45) is 1.59. The molecule has 1 aromatic rings. The van der Waals surface area contributed by atoms with Gasteiger partial charge in [-0.25, -0.2) is 0 Å². The van der Waals surface area contributed by atoms with E-state index in [0.717, 1.165) is 25.9 Å². The molecule has 3 N–H and O–H groups in total. The minimum absolute atomic E-state index is 0.0593. The van der Waals surface area contributed by atoms with Crippen LogP contribution in [0.4, 0.5) is 0 Å². The van der Waals surface area contributed by atoms with Crippen molar-refractivity contribution in [3.8, 4) is 0 Å². The van der Waals surface area contributed by atoms with Gasteiger partial charge in [-0.15, -0.1) is 11.3 Å². The first-order valence-electron chi connectivity index (χ1n) is 6.46. The van der Waals surface area contributed by atoms with Crippen LogP contribution in [-0.4, -0.2) is 36.3 Å². The van der Waals surface area contributed by atoms with Crippen LogP contribution in [0.5, 0.6) is 0 Å². The van der Waals surface area contributed by atoms with Crippen molar-refractivity contribution in [1.29, 1.82) is 0 Å². The molecule has 0 radical (unpaired) electrons. The Hall–Kier alpha value is -1.40. The summed E-state index contributed by atoms with van der Waals surface area (Å²) in [7, 11) is 0. The fourth-order valence-electron chi connectivity index (χ4n) is 2.31. The van der Waals surface area contributed by atoms with Crippen LogP contribution >= 0.6 is 11.3 Å². The molecule has 2 heterocycles. The number of primary amides is 1. The summed E-state index contributed by atoms with van der Waals surface area (Å²) in [5.74, 6) is -0.128. The summed E-state index contributed by atoms with van der Waals surface area (Å²) in [6.45, 7) is 2.43. The number of carbonyl (C=O) groups is 2. The summed E-state index contributed by atoms with van der Waals surface area (Å²) < 4.78 is 0. The van der Waals surface area contributed by atoms with Crippen LogP contribution in [0.3, 0.4) is 0 Å². The van der Waals surface area contributed by atoms with Gasteiger partial charge < -0.3 is 11.1 Å². The predicted octanol–water partition coefficient (Wildman–Crippen LogP) is 0.562. The number of likely N-dealkylation sites (tertiary alicyclic amines) is 1. The van der Waals surface area contributed by atoms with Crippen LogP contribution in [-0.2, 0) is 16.1 Å². The highest BCUT2D eigenvalue weighted by Gasteiger charge is 2.25. The lowest BCUT2D eigenvalue weighted by molar-refractivity contribution is -0.126. The molecule has 0 aromatic carbocycles. The molecule has 1 aliphatic rings. The van der Waals surface area contributed by atoms with E-state index in [1.807, 2.05) is 22.4 Å². The molecule has 0 unspecified atom stereocenters. The molecule has 0 bridgehead atoms. The number of rotatable bonds is 5. The lowest BCUT2D eigenvalue weighted by Crippen LogP contribution is -2.43. The van der Waals surface area contributed by atoms with Crippen molar-refractivity contribution >= 4 is 23.2 Å². The Kier molecular flexibility index (Phi) is 4.93. The fourth-order valence-corrected chi connectivity index (χ4v) is 2.95. The van der Waals surface area contributed by atoms with E-state index in [1.165, 1.54) is 4.88 Å². The van der Waals surface area contributed by atoms with E-state index < -0.39 is 0 Å². The molecule has 1 aliphatic heterocycles. The number of amides is 2. The largest absolute Gasteiger partial charge is 0.369 e. The first-order valence-corrected chi connectivity index (χ1v) is 7.34. The standard InChI is InChI=1S/C13H19N3O2S/c14-12(17)9-16-5-3-10(4-6-16)13(18)15-8-11-2-1-7-19-11/h1-2,7,10H,3-6,8-9H2,(H2,14,17)(H,15,18). The lowest BCUT2D eigenvalue weighted by Gasteiger charge is -2.30. The number of piperidine rings is 1. The third kappa shape index (κ3) is 4.33. The summed E-state index contributed by atoms with van der Waals surface area (Å²) in [4.78, 5) is 26.0. The molecular formula is C13H19N3O2S. The molecule has 2 amide bonds. The van der Waals surface area contributed by atoms with E-state index in [4.69, 9.17) is 5.73 Å². The quantitative estimate of drug-likeness (QED) is 0.828.